The molecule has 1 saturated heterocycles. The van der Waals surface area contributed by atoms with Crippen LogP contribution < -0.4 is 4.72 Å². The molecule has 0 spiro atoms. The number of methoxy groups -OCH3 is 1. The molecule has 1 N–H and O–H groups in total. The summed E-state index contributed by atoms with van der Waals surface area (Å²) in [5, 5.41) is 0.822. The summed E-state index contributed by atoms with van der Waals surface area (Å²) in [6.07, 6.45) is 4.72. The highest BCUT2D eigenvalue weighted by atomic mass is 35.5. The molecule has 0 bridgehead atoms. The van der Waals surface area contributed by atoms with Crippen LogP contribution in [0, 0.1) is 16.7 Å². The van der Waals surface area contributed by atoms with Crippen molar-refractivity contribution in [3.05, 3.63) is 69.7 Å². The molecular weight excluding hydrogens is 583 g/mol. The van der Waals surface area contributed by atoms with Crippen LogP contribution in [0.1, 0.15) is 75.0 Å². The van der Waals surface area contributed by atoms with Gasteiger partial charge >= 0.3 is 5.97 Å². The fourth-order valence-corrected chi connectivity index (χ4v) is 8.78. The molecule has 2 aromatic carbocycles. The topological polar surface area (TPSA) is 92.8 Å². The lowest BCUT2D eigenvalue weighted by molar-refractivity contribution is -0.172. The molecule has 1 aliphatic heterocycles. The number of rotatable bonds is 10. The van der Waals surface area contributed by atoms with E-state index in [0.717, 1.165) is 24.0 Å². The monoisotopic (exact) mass is 618 g/mol. The van der Waals surface area contributed by atoms with Crippen LogP contribution in [0.3, 0.4) is 0 Å². The van der Waals surface area contributed by atoms with Crippen molar-refractivity contribution in [2.24, 2.45) is 16.7 Å². The van der Waals surface area contributed by atoms with Crippen molar-refractivity contribution < 1.29 is 22.7 Å². The molecule has 4 aliphatic rings. The Balaban J connectivity index is 1.50. The first-order chi connectivity index (χ1) is 19.5. The molecule has 4 fully saturated rings. The number of nitrogens with one attached hydrogen (secondary N) is 1. The first-order valence-corrected chi connectivity index (χ1v) is 16.7. The number of amides is 1. The number of benzene rings is 2. The standard InChI is InChI=1S/C31H36Cl2N2O5S/c1-30(31(14-15-31)29(37)40-2)17-25(21-4-3-5-23(33)16-21)27(20-8-10-22(32)11-9-20)35(28(30)36)26(19-6-7-19)18-34-41(38,39)24-12-13-24/h3-5,8-11,16,19,24-27,34H,6-7,12-15,17-18H2,1-2H3/t25-,26-,27?,30+/m1/s1. The van der Waals surface area contributed by atoms with E-state index in [0.29, 0.717) is 42.1 Å². The summed E-state index contributed by atoms with van der Waals surface area (Å²) in [5.74, 6) is -0.533. The van der Waals surface area contributed by atoms with Crippen molar-refractivity contribution in [3.63, 3.8) is 0 Å². The number of halogens is 2. The number of likely N-dealkylation sites (tertiary alicyclic amines) is 1. The van der Waals surface area contributed by atoms with Crippen LogP contribution in [-0.4, -0.2) is 50.1 Å². The third-order valence-corrected chi connectivity index (χ3v) is 12.3. The number of esters is 1. The number of piperidine rings is 1. The summed E-state index contributed by atoms with van der Waals surface area (Å²) in [7, 11) is -2.09. The molecule has 7 nitrogen and oxygen atoms in total. The fraction of sp³-hybridized carbons (Fsp3) is 0.548. The summed E-state index contributed by atoms with van der Waals surface area (Å²) in [6.45, 7) is 2.04. The number of carbonyl (C=O) groups excluding carboxylic acids is 2. The maximum atomic E-state index is 15.0. The first-order valence-electron chi connectivity index (χ1n) is 14.4. The third kappa shape index (κ3) is 5.19. The van der Waals surface area contributed by atoms with Gasteiger partial charge in [0.25, 0.3) is 0 Å². The van der Waals surface area contributed by atoms with Gasteiger partial charge in [0.1, 0.15) is 0 Å². The van der Waals surface area contributed by atoms with Crippen LogP contribution in [-0.2, 0) is 24.3 Å². The van der Waals surface area contributed by atoms with E-state index in [1.807, 2.05) is 60.4 Å². The summed E-state index contributed by atoms with van der Waals surface area (Å²) < 4.78 is 34.0. The smallest absolute Gasteiger partial charge is 0.312 e. The Kier molecular flexibility index (Phi) is 7.45. The van der Waals surface area contributed by atoms with E-state index in [1.54, 1.807) is 0 Å². The zero-order valence-corrected chi connectivity index (χ0v) is 25.6. The predicted molar refractivity (Wildman–Crippen MR) is 158 cm³/mol. The molecule has 10 heteroatoms. The number of carbonyl (C=O) groups is 2. The Bertz CT molecular complexity index is 1450. The van der Waals surface area contributed by atoms with Crippen molar-refractivity contribution in [2.75, 3.05) is 13.7 Å². The lowest BCUT2D eigenvalue weighted by atomic mass is 9.61. The molecule has 0 radical (unpaired) electrons. The Labute approximate surface area is 252 Å². The largest absolute Gasteiger partial charge is 0.469 e. The number of ether oxygens (including phenoxy) is 1. The zero-order chi connectivity index (χ0) is 29.2. The van der Waals surface area contributed by atoms with Crippen LogP contribution in [0.25, 0.3) is 0 Å². The van der Waals surface area contributed by atoms with E-state index in [2.05, 4.69) is 4.72 Å². The molecule has 3 aliphatic carbocycles. The molecule has 0 aromatic heterocycles. The van der Waals surface area contributed by atoms with Gasteiger partial charge in [-0.25, -0.2) is 13.1 Å². The van der Waals surface area contributed by atoms with Gasteiger partial charge in [0.05, 0.1) is 29.2 Å². The van der Waals surface area contributed by atoms with E-state index in [9.17, 15) is 18.0 Å². The van der Waals surface area contributed by atoms with Crippen LogP contribution >= 0.6 is 23.2 Å². The summed E-state index contributed by atoms with van der Waals surface area (Å²) in [4.78, 5) is 30.2. The minimum absolute atomic E-state index is 0.124. The average Bonchev–Trinajstić information content (AvgIpc) is 3.79. The Morgan fingerprint density at radius 2 is 1.73 bits per heavy atom. The minimum Gasteiger partial charge on any atom is -0.469 e. The molecule has 1 amide bonds. The summed E-state index contributed by atoms with van der Waals surface area (Å²) in [6, 6.07) is 14.4. The predicted octanol–water partition coefficient (Wildman–Crippen LogP) is 5.87. The van der Waals surface area contributed by atoms with Crippen molar-refractivity contribution in [3.8, 4) is 0 Å². The Morgan fingerprint density at radius 1 is 1.05 bits per heavy atom. The molecule has 220 valence electrons. The van der Waals surface area contributed by atoms with Gasteiger partial charge in [-0.1, -0.05) is 47.5 Å². The molecule has 41 heavy (non-hydrogen) atoms. The minimum atomic E-state index is -3.46. The van der Waals surface area contributed by atoms with E-state index in [4.69, 9.17) is 27.9 Å². The van der Waals surface area contributed by atoms with Crippen molar-refractivity contribution in [1.29, 1.82) is 0 Å². The lowest BCUT2D eigenvalue weighted by Crippen LogP contribution is -2.61. The first kappa shape index (κ1) is 29.0. The zero-order valence-electron chi connectivity index (χ0n) is 23.3. The highest BCUT2D eigenvalue weighted by molar-refractivity contribution is 7.90. The Hall–Kier alpha value is -2.13. The average molecular weight is 620 g/mol. The van der Waals surface area contributed by atoms with Gasteiger partial charge in [0.15, 0.2) is 0 Å². The lowest BCUT2D eigenvalue weighted by Gasteiger charge is -2.54. The van der Waals surface area contributed by atoms with Gasteiger partial charge < -0.3 is 9.64 Å². The fourth-order valence-electron chi connectivity index (χ4n) is 7.06. The van der Waals surface area contributed by atoms with E-state index in [1.165, 1.54) is 7.11 Å². The molecular formula is C31H36Cl2N2O5S. The normalized spacial score (nSPS) is 28.3. The molecule has 4 atom stereocenters. The number of hydrogen-bond acceptors (Lipinski definition) is 5. The number of hydrogen-bond donors (Lipinski definition) is 1. The van der Waals surface area contributed by atoms with E-state index < -0.39 is 26.9 Å². The van der Waals surface area contributed by atoms with Crippen LogP contribution in [0.15, 0.2) is 48.5 Å². The highest BCUT2D eigenvalue weighted by Crippen LogP contribution is 2.67. The molecule has 2 aromatic rings. The van der Waals surface area contributed by atoms with Crippen LogP contribution in [0.2, 0.25) is 10.0 Å². The van der Waals surface area contributed by atoms with Gasteiger partial charge in [-0.05, 0) is 93.2 Å². The maximum absolute atomic E-state index is 15.0. The quantitative estimate of drug-likeness (QED) is 0.336. The van der Waals surface area contributed by atoms with Crippen molar-refractivity contribution in [1.82, 2.24) is 9.62 Å². The van der Waals surface area contributed by atoms with Gasteiger partial charge in [0.2, 0.25) is 15.9 Å². The summed E-state index contributed by atoms with van der Waals surface area (Å²) >= 11 is 12.8. The van der Waals surface area contributed by atoms with Gasteiger partial charge in [0, 0.05) is 28.5 Å². The van der Waals surface area contributed by atoms with Gasteiger partial charge in [-0.15, -0.1) is 0 Å². The van der Waals surface area contributed by atoms with Crippen molar-refractivity contribution >= 4 is 45.1 Å². The summed E-state index contributed by atoms with van der Waals surface area (Å²) in [5.41, 5.74) is -0.0812. The molecule has 1 heterocycles. The van der Waals surface area contributed by atoms with Gasteiger partial charge in [-0.3, -0.25) is 9.59 Å². The number of sulfonamides is 1. The second-order valence-electron chi connectivity index (χ2n) is 12.5. The highest BCUT2D eigenvalue weighted by Gasteiger charge is 2.70. The third-order valence-electron chi connectivity index (χ3n) is 9.87. The SMILES string of the molecule is COC(=O)C1([C@@]2(C)C[C@H](c3cccc(Cl)c3)C(c3ccc(Cl)cc3)N([C@H](CNS(=O)(=O)C3CC3)C3CC3)C2=O)CC1. The van der Waals surface area contributed by atoms with Crippen molar-refractivity contribution in [2.45, 2.75) is 75.1 Å². The number of nitrogens with zero attached hydrogens (tertiary/aromatic N) is 1. The molecule has 1 unspecified atom stereocenters. The Morgan fingerprint density at radius 3 is 2.29 bits per heavy atom. The molecule has 3 saturated carbocycles. The van der Waals surface area contributed by atoms with Crippen LogP contribution in [0.5, 0.6) is 0 Å². The van der Waals surface area contributed by atoms with Gasteiger partial charge in [-0.2, -0.15) is 0 Å². The second kappa shape index (κ2) is 10.5. The van der Waals surface area contributed by atoms with E-state index in [-0.39, 0.29) is 41.5 Å². The maximum Gasteiger partial charge on any atom is 0.312 e. The van der Waals surface area contributed by atoms with E-state index >= 15 is 0 Å². The van der Waals surface area contributed by atoms with Crippen LogP contribution in [0.4, 0.5) is 0 Å². The molecule has 6 rings (SSSR count). The second-order valence-corrected chi connectivity index (χ2v) is 15.4.